The Morgan fingerprint density at radius 3 is 0.921 bits per heavy atom. The van der Waals surface area contributed by atoms with Crippen LogP contribution in [0.2, 0.25) is 0 Å². The van der Waals surface area contributed by atoms with E-state index in [1.807, 2.05) is 0 Å². The topological polar surface area (TPSA) is 78.9 Å². The van der Waals surface area contributed by atoms with E-state index >= 15 is 0 Å². The van der Waals surface area contributed by atoms with Gasteiger partial charge in [-0.1, -0.05) is 243 Å². The molecule has 0 aliphatic carbocycles. The molecule has 0 aromatic carbocycles. The monoisotopic (exact) mass is 1050 g/mol. The van der Waals surface area contributed by atoms with Gasteiger partial charge in [-0.05, 0) is 141 Å². The second kappa shape index (κ2) is 62.6. The van der Waals surface area contributed by atoms with Crippen LogP contribution in [0.4, 0.5) is 0 Å². The summed E-state index contributed by atoms with van der Waals surface area (Å²) in [6.07, 6.45) is 91.1. The van der Waals surface area contributed by atoms with Crippen LogP contribution in [-0.4, -0.2) is 37.2 Å². The maximum absolute atomic E-state index is 12.9. The molecule has 0 aliphatic rings. The van der Waals surface area contributed by atoms with Gasteiger partial charge in [0.25, 0.3) is 0 Å². The smallest absolute Gasteiger partial charge is 0.306 e. The number of allylic oxidation sites excluding steroid dienone is 26. The van der Waals surface area contributed by atoms with Crippen molar-refractivity contribution in [3.8, 4) is 0 Å². The predicted octanol–water partition coefficient (Wildman–Crippen LogP) is 20.9. The van der Waals surface area contributed by atoms with Crippen LogP contribution in [0.25, 0.3) is 0 Å². The molecule has 0 saturated carbocycles. The first kappa shape index (κ1) is 71.0. The van der Waals surface area contributed by atoms with Crippen LogP contribution in [0.1, 0.15) is 245 Å². The second-order valence-corrected chi connectivity index (χ2v) is 19.5. The minimum atomic E-state index is -0.819. The average molecular weight is 1050 g/mol. The number of carbonyl (C=O) groups is 3. The maximum Gasteiger partial charge on any atom is 0.306 e. The Hall–Kier alpha value is -4.97. The Morgan fingerprint density at radius 1 is 0.276 bits per heavy atom. The van der Waals surface area contributed by atoms with E-state index in [9.17, 15) is 14.4 Å². The van der Waals surface area contributed by atoms with Crippen molar-refractivity contribution in [3.63, 3.8) is 0 Å². The molecule has 1 unspecified atom stereocenters. The summed E-state index contributed by atoms with van der Waals surface area (Å²) in [5, 5.41) is 0. The molecule has 0 radical (unpaired) electrons. The first-order valence-corrected chi connectivity index (χ1v) is 30.5. The van der Waals surface area contributed by atoms with Gasteiger partial charge in [-0.25, -0.2) is 0 Å². The molecule has 0 bridgehead atoms. The summed E-state index contributed by atoms with van der Waals surface area (Å²) in [7, 11) is 0. The molecule has 1 atom stereocenters. The van der Waals surface area contributed by atoms with Crippen LogP contribution in [-0.2, 0) is 28.6 Å². The lowest BCUT2D eigenvalue weighted by atomic mass is 10.1. The molecule has 0 saturated heterocycles. The van der Waals surface area contributed by atoms with E-state index in [-0.39, 0.29) is 37.5 Å². The summed E-state index contributed by atoms with van der Waals surface area (Å²) in [6, 6.07) is 0. The summed E-state index contributed by atoms with van der Waals surface area (Å²) < 4.78 is 16.8. The Morgan fingerprint density at radius 2 is 0.553 bits per heavy atom. The first-order chi connectivity index (χ1) is 37.5. The largest absolute Gasteiger partial charge is 0.462 e. The summed E-state index contributed by atoms with van der Waals surface area (Å²) >= 11 is 0. The minimum absolute atomic E-state index is 0.112. The molecule has 0 N–H and O–H groups in total. The van der Waals surface area contributed by atoms with Crippen molar-refractivity contribution in [1.82, 2.24) is 0 Å². The number of unbranched alkanes of at least 4 members (excludes halogenated alkanes) is 16. The van der Waals surface area contributed by atoms with Crippen molar-refractivity contribution in [2.24, 2.45) is 0 Å². The predicted molar refractivity (Wildman–Crippen MR) is 329 cm³/mol. The molecule has 0 fully saturated rings. The highest BCUT2D eigenvalue weighted by Gasteiger charge is 2.19. The Kier molecular flexibility index (Phi) is 58.5. The fourth-order valence-corrected chi connectivity index (χ4v) is 7.69. The molecular weight excluding hydrogens is 937 g/mol. The van der Waals surface area contributed by atoms with Gasteiger partial charge in [-0.15, -0.1) is 0 Å². The number of ether oxygens (including phenoxy) is 3. The molecule has 6 heteroatoms. The van der Waals surface area contributed by atoms with Crippen molar-refractivity contribution >= 4 is 17.9 Å². The molecule has 426 valence electrons. The van der Waals surface area contributed by atoms with E-state index in [2.05, 4.69) is 179 Å². The summed E-state index contributed by atoms with van der Waals surface area (Å²) in [4.78, 5) is 38.1. The SMILES string of the molecule is CC/C=C\C/C=C\C/C=C\C/C=C\C/C=C\C/C=C\C/C=C\C/C=C\C/C=C\CCCC(=O)OCC(COC(=O)CCCCCCC/C=C\CCC)OC(=O)CCCCCCCC/C=C\C/C=C\C/C=C\CCCCC. The third kappa shape index (κ3) is 59.9. The lowest BCUT2D eigenvalue weighted by molar-refractivity contribution is -0.167. The number of rotatable bonds is 53. The van der Waals surface area contributed by atoms with Gasteiger partial charge in [0.15, 0.2) is 6.10 Å². The number of carbonyl (C=O) groups excluding carboxylic acids is 3. The highest BCUT2D eigenvalue weighted by molar-refractivity contribution is 5.71. The van der Waals surface area contributed by atoms with Crippen LogP contribution >= 0.6 is 0 Å². The van der Waals surface area contributed by atoms with Crippen LogP contribution in [0, 0.1) is 0 Å². The minimum Gasteiger partial charge on any atom is -0.462 e. The van der Waals surface area contributed by atoms with Crippen LogP contribution < -0.4 is 0 Å². The second-order valence-electron chi connectivity index (χ2n) is 19.5. The number of hydrogen-bond acceptors (Lipinski definition) is 6. The molecule has 0 aromatic heterocycles. The van der Waals surface area contributed by atoms with Gasteiger partial charge in [0.1, 0.15) is 13.2 Å². The van der Waals surface area contributed by atoms with Gasteiger partial charge < -0.3 is 14.2 Å². The molecular formula is C70H110O6. The fraction of sp³-hybridized carbons (Fsp3) is 0.586. The summed E-state index contributed by atoms with van der Waals surface area (Å²) in [5.41, 5.74) is 0. The molecule has 6 nitrogen and oxygen atoms in total. The van der Waals surface area contributed by atoms with E-state index in [1.54, 1.807) is 0 Å². The zero-order valence-electron chi connectivity index (χ0n) is 48.7. The summed E-state index contributed by atoms with van der Waals surface area (Å²) in [6.45, 7) is 6.36. The Labute approximate surface area is 467 Å². The van der Waals surface area contributed by atoms with Crippen molar-refractivity contribution < 1.29 is 28.6 Å². The van der Waals surface area contributed by atoms with Gasteiger partial charge in [0.05, 0.1) is 0 Å². The number of esters is 3. The van der Waals surface area contributed by atoms with Crippen LogP contribution in [0.5, 0.6) is 0 Å². The van der Waals surface area contributed by atoms with Crippen molar-refractivity contribution in [2.45, 2.75) is 252 Å². The zero-order chi connectivity index (χ0) is 55.0. The van der Waals surface area contributed by atoms with Crippen molar-refractivity contribution in [3.05, 3.63) is 158 Å². The van der Waals surface area contributed by atoms with E-state index in [0.717, 1.165) is 148 Å². The molecule has 0 heterocycles. The van der Waals surface area contributed by atoms with Gasteiger partial charge in [-0.3, -0.25) is 14.4 Å². The molecule has 76 heavy (non-hydrogen) atoms. The lowest BCUT2D eigenvalue weighted by Crippen LogP contribution is -2.30. The highest BCUT2D eigenvalue weighted by atomic mass is 16.6. The van der Waals surface area contributed by atoms with Crippen molar-refractivity contribution in [1.29, 1.82) is 0 Å². The number of hydrogen-bond donors (Lipinski definition) is 0. The molecule has 0 rings (SSSR count). The molecule has 0 aliphatic heterocycles. The Balaban J connectivity index is 4.43. The van der Waals surface area contributed by atoms with E-state index < -0.39 is 6.10 Å². The molecule has 0 spiro atoms. The lowest BCUT2D eigenvalue weighted by Gasteiger charge is -2.18. The van der Waals surface area contributed by atoms with E-state index in [1.165, 1.54) is 51.4 Å². The standard InChI is InChI=1S/C70H110O6/c1-4-7-10-13-16-19-22-24-26-28-30-31-32-33-34-35-36-37-38-39-41-42-44-46-48-51-54-57-60-63-69(72)75-66-67(65-74-68(71)62-59-56-53-50-21-18-15-12-9-6-3)76-70(73)64-61-58-55-52-49-47-45-43-40-29-27-25-23-20-17-14-11-8-5-2/h7,10,12,15-17,19-20,24-27,30-31,33-34,36-37,39-41,43-44,46,51,54,67H,4-6,8-9,11,13-14,18,21-23,28-29,32,35,38,42,45,47-50,52-53,55-66H2,1-3H3/b10-7-,15-12-,19-16-,20-17-,26-24-,27-25-,31-30-,34-33-,37-36-,41-39-,43-40-,46-44-,54-51-. The average Bonchev–Trinajstić information content (AvgIpc) is 3.42. The zero-order valence-corrected chi connectivity index (χ0v) is 48.7. The molecule has 0 aromatic rings. The third-order valence-corrected chi connectivity index (χ3v) is 12.2. The van der Waals surface area contributed by atoms with E-state index in [0.29, 0.717) is 19.3 Å². The highest BCUT2D eigenvalue weighted by Crippen LogP contribution is 2.13. The van der Waals surface area contributed by atoms with E-state index in [4.69, 9.17) is 14.2 Å². The first-order valence-electron chi connectivity index (χ1n) is 30.5. The van der Waals surface area contributed by atoms with Gasteiger partial charge in [-0.2, -0.15) is 0 Å². The molecule has 0 amide bonds. The van der Waals surface area contributed by atoms with Gasteiger partial charge in [0.2, 0.25) is 0 Å². The normalized spacial score (nSPS) is 13.2. The Bertz CT molecular complexity index is 1720. The van der Waals surface area contributed by atoms with Gasteiger partial charge in [0, 0.05) is 19.3 Å². The quantitative estimate of drug-likeness (QED) is 0.0261. The van der Waals surface area contributed by atoms with Crippen molar-refractivity contribution in [2.75, 3.05) is 13.2 Å². The maximum atomic E-state index is 12.9. The third-order valence-electron chi connectivity index (χ3n) is 12.2. The van der Waals surface area contributed by atoms with Gasteiger partial charge >= 0.3 is 17.9 Å². The van der Waals surface area contributed by atoms with Crippen LogP contribution in [0.15, 0.2) is 158 Å². The fourth-order valence-electron chi connectivity index (χ4n) is 7.69. The van der Waals surface area contributed by atoms with Crippen LogP contribution in [0.3, 0.4) is 0 Å². The summed E-state index contributed by atoms with van der Waals surface area (Å²) in [5.74, 6) is -1.00.